The van der Waals surface area contributed by atoms with Crippen molar-refractivity contribution in [2.75, 3.05) is 44.6 Å². The Labute approximate surface area is 195 Å². The minimum atomic E-state index is 0.289. The van der Waals surface area contributed by atoms with Crippen LogP contribution in [0.4, 0.5) is 5.82 Å². The van der Waals surface area contributed by atoms with Crippen LogP contribution in [0.15, 0.2) is 61.4 Å². The highest BCUT2D eigenvalue weighted by molar-refractivity contribution is 5.48. The molecule has 0 radical (unpaired) electrons. The first-order chi connectivity index (χ1) is 15.7. The zero-order valence-corrected chi connectivity index (χ0v) is 20.0. The number of aromatic nitrogens is 1. The summed E-state index contributed by atoms with van der Waals surface area (Å²) in [5.41, 5.74) is 1.57. The number of rotatable bonds is 10. The van der Waals surface area contributed by atoms with E-state index in [2.05, 4.69) is 51.5 Å². The molecule has 5 nitrogen and oxygen atoms in total. The van der Waals surface area contributed by atoms with Crippen molar-refractivity contribution in [2.45, 2.75) is 57.4 Å². The van der Waals surface area contributed by atoms with Crippen molar-refractivity contribution in [1.29, 1.82) is 0 Å². The average Bonchev–Trinajstić information content (AvgIpc) is 2.87. The van der Waals surface area contributed by atoms with Crippen LogP contribution in [0.1, 0.15) is 51.9 Å². The summed E-state index contributed by atoms with van der Waals surface area (Å²) in [6, 6.07) is 6.10. The van der Waals surface area contributed by atoms with Crippen LogP contribution in [0.25, 0.3) is 0 Å². The molecular formula is C27H42N4O. The van der Waals surface area contributed by atoms with Crippen molar-refractivity contribution in [3.05, 3.63) is 61.4 Å². The van der Waals surface area contributed by atoms with Gasteiger partial charge in [0.25, 0.3) is 0 Å². The fourth-order valence-electron chi connectivity index (χ4n) is 4.67. The molecule has 5 heteroatoms. The van der Waals surface area contributed by atoms with E-state index in [0.717, 1.165) is 44.7 Å². The smallest absolute Gasteiger partial charge is 0.125 e. The van der Waals surface area contributed by atoms with Gasteiger partial charge in [-0.3, -0.25) is 4.90 Å². The Balaban J connectivity index is 0.000000837. The number of carbonyl (C=O) groups excluding carboxylic acids is 1. The highest BCUT2D eigenvalue weighted by Crippen LogP contribution is 2.34. The van der Waals surface area contributed by atoms with E-state index in [0.29, 0.717) is 6.42 Å². The quantitative estimate of drug-likeness (QED) is 0.407. The number of anilines is 1. The van der Waals surface area contributed by atoms with Gasteiger partial charge in [-0.25, -0.2) is 4.98 Å². The fourth-order valence-corrected chi connectivity index (χ4v) is 4.67. The minimum Gasteiger partial charge on any atom is -0.368 e. The first kappa shape index (κ1) is 26.0. The summed E-state index contributed by atoms with van der Waals surface area (Å²) in [6.07, 6.45) is 17.0. The van der Waals surface area contributed by atoms with Crippen LogP contribution in [0.5, 0.6) is 0 Å². The van der Waals surface area contributed by atoms with E-state index in [-0.39, 0.29) is 5.54 Å². The molecule has 32 heavy (non-hydrogen) atoms. The molecule has 1 saturated carbocycles. The van der Waals surface area contributed by atoms with Crippen LogP contribution in [0.2, 0.25) is 0 Å². The molecule has 0 amide bonds. The van der Waals surface area contributed by atoms with Gasteiger partial charge in [-0.15, -0.1) is 0 Å². The summed E-state index contributed by atoms with van der Waals surface area (Å²) >= 11 is 0. The largest absolute Gasteiger partial charge is 0.368 e. The Morgan fingerprint density at radius 3 is 2.44 bits per heavy atom. The van der Waals surface area contributed by atoms with Crippen LogP contribution in [-0.4, -0.2) is 65.9 Å². The number of carbonyl (C=O) groups is 1. The van der Waals surface area contributed by atoms with E-state index in [1.807, 2.05) is 31.3 Å². The standard InChI is InChI=1S/C24H36N4.C3H6O/c1-3-10-22(4-2)12-16-27-17-19-28(20-18-27)24(13-7-5-8-14-24)21-26-23-11-6-9-15-25-23;1-2-3-4/h3-4,6,9-11,15H,1-2,5,7-8,12-14,16-21H2,(H,25,26);3H,2H2,1H3/b22-10+;. The minimum absolute atomic E-state index is 0.289. The molecule has 1 aliphatic carbocycles. The van der Waals surface area contributed by atoms with E-state index >= 15 is 0 Å². The molecule has 2 heterocycles. The predicted molar refractivity (Wildman–Crippen MR) is 136 cm³/mol. The van der Waals surface area contributed by atoms with E-state index in [4.69, 9.17) is 0 Å². The van der Waals surface area contributed by atoms with Gasteiger partial charge >= 0.3 is 0 Å². The lowest BCUT2D eigenvalue weighted by Gasteiger charge is -2.50. The summed E-state index contributed by atoms with van der Waals surface area (Å²) in [6.45, 7) is 16.3. The van der Waals surface area contributed by atoms with Crippen molar-refractivity contribution in [2.24, 2.45) is 0 Å². The number of aldehydes is 1. The molecule has 0 unspecified atom stereocenters. The molecule has 0 bridgehead atoms. The normalized spacial score (nSPS) is 19.3. The second-order valence-corrected chi connectivity index (χ2v) is 8.69. The molecule has 0 atom stereocenters. The van der Waals surface area contributed by atoms with Gasteiger partial charge in [-0.2, -0.15) is 0 Å². The summed E-state index contributed by atoms with van der Waals surface area (Å²) in [5, 5.41) is 3.63. The SMILES string of the molecule is C=C/C=C(\C=C)CCN1CCN(C2(CNc3ccccn3)CCCCC2)CC1.CCC=O. The zero-order chi connectivity index (χ0) is 23.1. The summed E-state index contributed by atoms with van der Waals surface area (Å²) in [5.74, 6) is 0.997. The van der Waals surface area contributed by atoms with Gasteiger partial charge < -0.3 is 15.0 Å². The number of nitrogens with zero attached hydrogens (tertiary/aromatic N) is 3. The number of piperazine rings is 1. The van der Waals surface area contributed by atoms with E-state index in [1.54, 1.807) is 0 Å². The second kappa shape index (κ2) is 14.8. The maximum atomic E-state index is 9.17. The molecule has 1 saturated heterocycles. The van der Waals surface area contributed by atoms with Crippen LogP contribution in [0.3, 0.4) is 0 Å². The first-order valence-electron chi connectivity index (χ1n) is 12.2. The van der Waals surface area contributed by atoms with Gasteiger partial charge in [0.15, 0.2) is 0 Å². The fraction of sp³-hybridized carbons (Fsp3) is 0.556. The van der Waals surface area contributed by atoms with Gasteiger partial charge in [0.1, 0.15) is 12.1 Å². The summed E-state index contributed by atoms with van der Waals surface area (Å²) in [4.78, 5) is 19.0. The number of pyridine rings is 1. The lowest BCUT2D eigenvalue weighted by Crippen LogP contribution is -2.60. The van der Waals surface area contributed by atoms with Crippen LogP contribution in [-0.2, 0) is 4.79 Å². The summed E-state index contributed by atoms with van der Waals surface area (Å²) in [7, 11) is 0. The molecular weight excluding hydrogens is 396 g/mol. The predicted octanol–water partition coefficient (Wildman–Crippen LogP) is 5.10. The Bertz CT molecular complexity index is 702. The monoisotopic (exact) mass is 438 g/mol. The molecule has 2 fully saturated rings. The van der Waals surface area contributed by atoms with Gasteiger partial charge in [0.2, 0.25) is 0 Å². The number of allylic oxidation sites excluding steroid dienone is 3. The van der Waals surface area contributed by atoms with Crippen LogP contribution in [0, 0.1) is 0 Å². The third-order valence-corrected chi connectivity index (χ3v) is 6.57. The van der Waals surface area contributed by atoms with Crippen molar-refractivity contribution in [3.63, 3.8) is 0 Å². The van der Waals surface area contributed by atoms with E-state index in [1.165, 1.54) is 50.8 Å². The molecule has 176 valence electrons. The maximum absolute atomic E-state index is 9.17. The third-order valence-electron chi connectivity index (χ3n) is 6.57. The van der Waals surface area contributed by atoms with Gasteiger partial charge in [-0.05, 0) is 37.0 Å². The lowest BCUT2D eigenvalue weighted by atomic mass is 9.79. The highest BCUT2D eigenvalue weighted by Gasteiger charge is 2.39. The maximum Gasteiger partial charge on any atom is 0.125 e. The zero-order valence-electron chi connectivity index (χ0n) is 20.0. The Kier molecular flexibility index (Phi) is 12.0. The number of hydrogen-bond acceptors (Lipinski definition) is 5. The second-order valence-electron chi connectivity index (χ2n) is 8.69. The molecule has 3 rings (SSSR count). The van der Waals surface area contributed by atoms with Gasteiger partial charge in [0, 0.05) is 57.4 Å². The van der Waals surface area contributed by atoms with Gasteiger partial charge in [-0.1, -0.05) is 63.6 Å². The molecule has 1 N–H and O–H groups in total. The van der Waals surface area contributed by atoms with Crippen LogP contribution >= 0.6 is 0 Å². The van der Waals surface area contributed by atoms with E-state index in [9.17, 15) is 4.79 Å². The van der Waals surface area contributed by atoms with E-state index < -0.39 is 0 Å². The summed E-state index contributed by atoms with van der Waals surface area (Å²) < 4.78 is 0. The molecule has 0 aromatic carbocycles. The third kappa shape index (κ3) is 8.36. The lowest BCUT2D eigenvalue weighted by molar-refractivity contribution is -0.107. The van der Waals surface area contributed by atoms with Crippen molar-refractivity contribution < 1.29 is 4.79 Å². The van der Waals surface area contributed by atoms with Gasteiger partial charge in [0.05, 0.1) is 0 Å². The average molecular weight is 439 g/mol. The van der Waals surface area contributed by atoms with Crippen molar-refractivity contribution >= 4 is 12.1 Å². The topological polar surface area (TPSA) is 48.5 Å². The van der Waals surface area contributed by atoms with Crippen LogP contribution < -0.4 is 5.32 Å². The molecule has 0 spiro atoms. The number of hydrogen-bond donors (Lipinski definition) is 1. The molecule has 2 aliphatic rings. The molecule has 1 aromatic heterocycles. The Morgan fingerprint density at radius 2 is 1.88 bits per heavy atom. The first-order valence-corrected chi connectivity index (χ1v) is 12.2. The van der Waals surface area contributed by atoms with Crippen molar-refractivity contribution in [1.82, 2.24) is 14.8 Å². The molecule has 1 aromatic rings. The van der Waals surface area contributed by atoms with Crippen molar-refractivity contribution in [3.8, 4) is 0 Å². The number of nitrogens with one attached hydrogen (secondary N) is 1. The Hall–Kier alpha value is -2.24. The molecule has 1 aliphatic heterocycles. The highest BCUT2D eigenvalue weighted by atomic mass is 16.1. The Morgan fingerprint density at radius 1 is 1.16 bits per heavy atom.